The molecule has 0 bridgehead atoms. The third-order valence-corrected chi connectivity index (χ3v) is 3.66. The summed E-state index contributed by atoms with van der Waals surface area (Å²) in [6.07, 6.45) is 1.24. The molecular weight excluding hydrogens is 240 g/mol. The van der Waals surface area contributed by atoms with Gasteiger partial charge >= 0.3 is 0 Å². The van der Waals surface area contributed by atoms with Crippen molar-refractivity contribution < 1.29 is 9.59 Å². The van der Waals surface area contributed by atoms with Gasteiger partial charge in [0.1, 0.15) is 5.78 Å². The highest BCUT2D eigenvalue weighted by Gasteiger charge is 2.17. The SMILES string of the molecule is CNC(C)C(=O)c1ccc(N2CCC(=O)CC2)cc1. The second-order valence-electron chi connectivity index (χ2n) is 4.95. The molecule has 1 aromatic rings. The van der Waals surface area contributed by atoms with E-state index in [1.165, 1.54) is 0 Å². The van der Waals surface area contributed by atoms with Crippen molar-refractivity contribution in [3.8, 4) is 0 Å². The number of piperidine rings is 1. The summed E-state index contributed by atoms with van der Waals surface area (Å²) < 4.78 is 0. The summed E-state index contributed by atoms with van der Waals surface area (Å²) in [6.45, 7) is 3.41. The molecule has 102 valence electrons. The number of benzene rings is 1. The number of ketones is 2. The van der Waals surface area contributed by atoms with E-state index in [9.17, 15) is 9.59 Å². The minimum atomic E-state index is -0.168. The Morgan fingerprint density at radius 1 is 1.21 bits per heavy atom. The van der Waals surface area contributed by atoms with Crippen molar-refractivity contribution in [1.29, 1.82) is 0 Å². The predicted molar refractivity (Wildman–Crippen MR) is 75.7 cm³/mol. The average Bonchev–Trinajstić information content (AvgIpc) is 2.46. The van der Waals surface area contributed by atoms with Crippen LogP contribution < -0.4 is 10.2 Å². The van der Waals surface area contributed by atoms with E-state index >= 15 is 0 Å². The number of likely N-dealkylation sites (N-methyl/N-ethyl adjacent to an activating group) is 1. The van der Waals surface area contributed by atoms with Gasteiger partial charge in [0.25, 0.3) is 0 Å². The van der Waals surface area contributed by atoms with Crippen molar-refractivity contribution in [2.45, 2.75) is 25.8 Å². The first-order valence-electron chi connectivity index (χ1n) is 6.70. The Morgan fingerprint density at radius 3 is 2.32 bits per heavy atom. The highest BCUT2D eigenvalue weighted by molar-refractivity contribution is 6.00. The summed E-state index contributed by atoms with van der Waals surface area (Å²) in [7, 11) is 1.78. The van der Waals surface area contributed by atoms with E-state index in [1.807, 2.05) is 31.2 Å². The Morgan fingerprint density at radius 2 is 1.79 bits per heavy atom. The monoisotopic (exact) mass is 260 g/mol. The Balaban J connectivity index is 2.06. The van der Waals surface area contributed by atoms with E-state index in [0.29, 0.717) is 18.6 Å². The Kier molecular flexibility index (Phi) is 4.32. The fourth-order valence-corrected chi connectivity index (χ4v) is 2.23. The highest BCUT2D eigenvalue weighted by Crippen LogP contribution is 2.19. The van der Waals surface area contributed by atoms with Crippen molar-refractivity contribution in [1.82, 2.24) is 5.32 Å². The van der Waals surface area contributed by atoms with Crippen LogP contribution in [-0.2, 0) is 4.79 Å². The molecule has 4 heteroatoms. The molecule has 1 aromatic carbocycles. The van der Waals surface area contributed by atoms with Gasteiger partial charge < -0.3 is 10.2 Å². The molecule has 1 aliphatic heterocycles. The number of nitrogens with one attached hydrogen (secondary N) is 1. The molecule has 1 atom stereocenters. The number of carbonyl (C=O) groups is 2. The van der Waals surface area contributed by atoms with Crippen LogP contribution in [0.25, 0.3) is 0 Å². The summed E-state index contributed by atoms with van der Waals surface area (Å²) in [5, 5.41) is 2.95. The standard InChI is InChI=1S/C15H20N2O2/c1-11(16-2)15(19)12-3-5-13(6-4-12)17-9-7-14(18)8-10-17/h3-6,11,16H,7-10H2,1-2H3. The Hall–Kier alpha value is -1.68. The molecule has 4 nitrogen and oxygen atoms in total. The lowest BCUT2D eigenvalue weighted by Gasteiger charge is -2.28. The zero-order chi connectivity index (χ0) is 13.8. The van der Waals surface area contributed by atoms with Crippen LogP contribution in [0.4, 0.5) is 5.69 Å². The zero-order valence-corrected chi connectivity index (χ0v) is 11.5. The number of anilines is 1. The fraction of sp³-hybridized carbons (Fsp3) is 0.467. The molecular formula is C15H20N2O2. The minimum absolute atomic E-state index is 0.0999. The van der Waals surface area contributed by atoms with Gasteiger partial charge in [-0.3, -0.25) is 9.59 Å². The van der Waals surface area contributed by atoms with E-state index in [4.69, 9.17) is 0 Å². The molecule has 1 N–H and O–H groups in total. The van der Waals surface area contributed by atoms with Crippen molar-refractivity contribution in [2.75, 3.05) is 25.0 Å². The van der Waals surface area contributed by atoms with Crippen molar-refractivity contribution in [3.05, 3.63) is 29.8 Å². The topological polar surface area (TPSA) is 49.4 Å². The Bertz CT molecular complexity index is 458. The number of nitrogens with zero attached hydrogens (tertiary/aromatic N) is 1. The molecule has 0 aliphatic carbocycles. The molecule has 1 aliphatic rings. The summed E-state index contributed by atoms with van der Waals surface area (Å²) >= 11 is 0. The maximum atomic E-state index is 12.0. The molecule has 1 unspecified atom stereocenters. The van der Waals surface area contributed by atoms with Crippen LogP contribution in [0.5, 0.6) is 0 Å². The molecule has 1 saturated heterocycles. The van der Waals surface area contributed by atoms with Crippen LogP contribution >= 0.6 is 0 Å². The fourth-order valence-electron chi connectivity index (χ4n) is 2.23. The Labute approximate surface area is 113 Å². The number of Topliss-reactive ketones (excluding diaryl/α,β-unsaturated/α-hetero) is 2. The second-order valence-corrected chi connectivity index (χ2v) is 4.95. The van der Waals surface area contributed by atoms with Gasteiger partial charge in [0.15, 0.2) is 5.78 Å². The van der Waals surface area contributed by atoms with E-state index in [0.717, 1.165) is 24.3 Å². The first-order valence-corrected chi connectivity index (χ1v) is 6.70. The smallest absolute Gasteiger partial charge is 0.179 e. The van der Waals surface area contributed by atoms with Crippen LogP contribution in [0, 0.1) is 0 Å². The van der Waals surface area contributed by atoms with Crippen molar-refractivity contribution in [2.24, 2.45) is 0 Å². The predicted octanol–water partition coefficient (Wildman–Crippen LogP) is 1.65. The molecule has 0 spiro atoms. The van der Waals surface area contributed by atoms with E-state index in [2.05, 4.69) is 10.2 Å². The molecule has 2 rings (SSSR count). The van der Waals surface area contributed by atoms with Crippen LogP contribution in [0.3, 0.4) is 0 Å². The molecule has 0 saturated carbocycles. The summed E-state index contributed by atoms with van der Waals surface area (Å²) in [6, 6.07) is 7.49. The normalized spacial score (nSPS) is 17.4. The van der Waals surface area contributed by atoms with Gasteiger partial charge in [-0.2, -0.15) is 0 Å². The van der Waals surface area contributed by atoms with Gasteiger partial charge in [0.05, 0.1) is 6.04 Å². The first-order chi connectivity index (χ1) is 9.11. The first kappa shape index (κ1) is 13.7. The quantitative estimate of drug-likeness (QED) is 0.836. The average molecular weight is 260 g/mol. The van der Waals surface area contributed by atoms with Gasteiger partial charge in [-0.25, -0.2) is 0 Å². The molecule has 0 radical (unpaired) electrons. The van der Waals surface area contributed by atoms with Crippen LogP contribution in [0.15, 0.2) is 24.3 Å². The molecule has 1 heterocycles. The minimum Gasteiger partial charge on any atom is -0.371 e. The molecule has 0 amide bonds. The number of carbonyl (C=O) groups excluding carboxylic acids is 2. The van der Waals surface area contributed by atoms with Gasteiger partial charge in [0.2, 0.25) is 0 Å². The number of hydrogen-bond donors (Lipinski definition) is 1. The van der Waals surface area contributed by atoms with Crippen LogP contribution in [0.1, 0.15) is 30.1 Å². The van der Waals surface area contributed by atoms with E-state index < -0.39 is 0 Å². The lowest BCUT2D eigenvalue weighted by atomic mass is 10.0. The van der Waals surface area contributed by atoms with E-state index in [1.54, 1.807) is 7.05 Å². The maximum absolute atomic E-state index is 12.0. The maximum Gasteiger partial charge on any atom is 0.179 e. The van der Waals surface area contributed by atoms with Crippen molar-refractivity contribution >= 4 is 17.3 Å². The molecule has 0 aromatic heterocycles. The van der Waals surface area contributed by atoms with Crippen LogP contribution in [0.2, 0.25) is 0 Å². The summed E-state index contributed by atoms with van der Waals surface area (Å²) in [5.41, 5.74) is 1.81. The second kappa shape index (κ2) is 5.97. The summed E-state index contributed by atoms with van der Waals surface area (Å²) in [5.74, 6) is 0.439. The van der Waals surface area contributed by atoms with Gasteiger partial charge in [0, 0.05) is 37.2 Å². The van der Waals surface area contributed by atoms with Gasteiger partial charge in [-0.05, 0) is 38.2 Å². The van der Waals surface area contributed by atoms with E-state index in [-0.39, 0.29) is 11.8 Å². The molecule has 19 heavy (non-hydrogen) atoms. The number of hydrogen-bond acceptors (Lipinski definition) is 4. The lowest BCUT2D eigenvalue weighted by Crippen LogP contribution is -2.33. The van der Waals surface area contributed by atoms with Gasteiger partial charge in [-0.15, -0.1) is 0 Å². The van der Waals surface area contributed by atoms with Crippen LogP contribution in [-0.4, -0.2) is 37.7 Å². The number of rotatable bonds is 4. The zero-order valence-electron chi connectivity index (χ0n) is 11.5. The third kappa shape index (κ3) is 3.20. The molecule has 1 fully saturated rings. The van der Waals surface area contributed by atoms with Crippen molar-refractivity contribution in [3.63, 3.8) is 0 Å². The third-order valence-electron chi connectivity index (χ3n) is 3.66. The lowest BCUT2D eigenvalue weighted by molar-refractivity contribution is -0.119. The highest BCUT2D eigenvalue weighted by atomic mass is 16.1. The summed E-state index contributed by atoms with van der Waals surface area (Å²) in [4.78, 5) is 25.4. The van der Waals surface area contributed by atoms with Gasteiger partial charge in [-0.1, -0.05) is 0 Å². The largest absolute Gasteiger partial charge is 0.371 e.